The summed E-state index contributed by atoms with van der Waals surface area (Å²) >= 11 is 0. The first-order chi connectivity index (χ1) is 8.71. The van der Waals surface area contributed by atoms with Crippen molar-refractivity contribution in [3.8, 4) is 0 Å². The van der Waals surface area contributed by atoms with E-state index in [0.29, 0.717) is 24.3 Å². The maximum Gasteiger partial charge on any atom is 0.433 e. The number of pyridine rings is 1. The lowest BCUT2D eigenvalue weighted by molar-refractivity contribution is -0.141. The maximum atomic E-state index is 12.5. The number of rotatable bonds is 5. The normalized spacial score (nSPS) is 12.5. The molecule has 108 valence electrons. The number of aromatic nitrogens is 1. The van der Waals surface area contributed by atoms with Crippen molar-refractivity contribution in [2.45, 2.75) is 33.9 Å². The molecule has 1 aromatic heterocycles. The Hall–Kier alpha value is -1.26. The molecule has 0 spiro atoms. The molecule has 1 aromatic rings. The van der Waals surface area contributed by atoms with Crippen LogP contribution in [0.25, 0.3) is 0 Å². The van der Waals surface area contributed by atoms with Crippen molar-refractivity contribution in [2.24, 2.45) is 17.8 Å². The number of hydrogen-bond donors (Lipinski definition) is 1. The molecule has 0 unspecified atom stereocenters. The molecular weight excluding hydrogens is 253 g/mol. The molecule has 0 saturated heterocycles. The summed E-state index contributed by atoms with van der Waals surface area (Å²) in [7, 11) is 0. The molecule has 0 radical (unpaired) electrons. The monoisotopic (exact) mass is 274 g/mol. The summed E-state index contributed by atoms with van der Waals surface area (Å²) in [6.07, 6.45) is -4.40. The number of nitrogens with zero attached hydrogens (tertiary/aromatic N) is 1. The van der Waals surface area contributed by atoms with Gasteiger partial charge in [-0.1, -0.05) is 33.8 Å². The van der Waals surface area contributed by atoms with Gasteiger partial charge in [0.25, 0.3) is 0 Å². The van der Waals surface area contributed by atoms with Crippen LogP contribution in [0.2, 0.25) is 0 Å². The number of anilines is 1. The Morgan fingerprint density at radius 2 is 1.68 bits per heavy atom. The van der Waals surface area contributed by atoms with E-state index in [1.165, 1.54) is 6.07 Å². The maximum absolute atomic E-state index is 12.5. The third kappa shape index (κ3) is 4.73. The quantitative estimate of drug-likeness (QED) is 0.858. The third-order valence-corrected chi connectivity index (χ3v) is 3.27. The van der Waals surface area contributed by atoms with E-state index in [2.05, 4.69) is 38.0 Å². The van der Waals surface area contributed by atoms with Gasteiger partial charge in [0.1, 0.15) is 11.5 Å². The van der Waals surface area contributed by atoms with Gasteiger partial charge in [-0.2, -0.15) is 13.2 Å². The lowest BCUT2D eigenvalue weighted by Gasteiger charge is -2.25. The van der Waals surface area contributed by atoms with Crippen molar-refractivity contribution in [3.05, 3.63) is 23.9 Å². The fourth-order valence-corrected chi connectivity index (χ4v) is 2.15. The topological polar surface area (TPSA) is 24.9 Å². The summed E-state index contributed by atoms with van der Waals surface area (Å²) < 4.78 is 37.6. The summed E-state index contributed by atoms with van der Waals surface area (Å²) in [5.41, 5.74) is -0.858. The predicted molar refractivity (Wildman–Crippen MR) is 70.9 cm³/mol. The van der Waals surface area contributed by atoms with E-state index in [9.17, 15) is 13.2 Å². The van der Waals surface area contributed by atoms with Gasteiger partial charge in [-0.15, -0.1) is 0 Å². The molecule has 0 amide bonds. The van der Waals surface area contributed by atoms with E-state index >= 15 is 0 Å². The highest BCUT2D eigenvalue weighted by Gasteiger charge is 2.32. The molecule has 0 aliphatic rings. The minimum absolute atomic E-state index is 0.279. The van der Waals surface area contributed by atoms with Crippen molar-refractivity contribution < 1.29 is 13.2 Å². The van der Waals surface area contributed by atoms with E-state index in [4.69, 9.17) is 0 Å². The highest BCUT2D eigenvalue weighted by atomic mass is 19.4. The van der Waals surface area contributed by atoms with Crippen LogP contribution in [-0.4, -0.2) is 11.5 Å². The van der Waals surface area contributed by atoms with Crippen molar-refractivity contribution in [1.82, 2.24) is 4.98 Å². The Kier molecular flexibility index (Phi) is 5.20. The molecule has 1 rings (SSSR count). The summed E-state index contributed by atoms with van der Waals surface area (Å²) in [6, 6.07) is 3.92. The summed E-state index contributed by atoms with van der Waals surface area (Å²) in [5.74, 6) is 1.62. The van der Waals surface area contributed by atoms with Crippen LogP contribution < -0.4 is 5.32 Å². The second-order valence-corrected chi connectivity index (χ2v) is 5.44. The highest BCUT2D eigenvalue weighted by molar-refractivity contribution is 5.36. The van der Waals surface area contributed by atoms with Gasteiger partial charge < -0.3 is 5.32 Å². The minimum Gasteiger partial charge on any atom is -0.370 e. The molecule has 0 atom stereocenters. The van der Waals surface area contributed by atoms with Gasteiger partial charge in [0.2, 0.25) is 0 Å². The van der Waals surface area contributed by atoms with Crippen molar-refractivity contribution in [2.75, 3.05) is 11.9 Å². The zero-order valence-electron chi connectivity index (χ0n) is 11.8. The first kappa shape index (κ1) is 15.8. The Labute approximate surface area is 112 Å². The first-order valence-corrected chi connectivity index (χ1v) is 6.50. The van der Waals surface area contributed by atoms with Crippen molar-refractivity contribution in [1.29, 1.82) is 0 Å². The minimum atomic E-state index is -4.40. The van der Waals surface area contributed by atoms with E-state index in [0.717, 1.165) is 6.07 Å². The number of nitrogens with one attached hydrogen (secondary N) is 1. The van der Waals surface area contributed by atoms with E-state index in [1.807, 2.05) is 0 Å². The van der Waals surface area contributed by atoms with Gasteiger partial charge >= 0.3 is 6.18 Å². The second-order valence-electron chi connectivity index (χ2n) is 5.44. The standard InChI is InChI=1S/C14H21F3N2/c1-9(2)11(10(3)4)8-18-13-7-5-6-12(19-13)14(15,16)17/h5-7,9-11H,8H2,1-4H3,(H,18,19). The molecule has 0 bridgehead atoms. The Bertz CT molecular complexity index is 392. The fraction of sp³-hybridized carbons (Fsp3) is 0.643. The molecular formula is C14H21F3N2. The molecule has 0 saturated carbocycles. The fourth-order valence-electron chi connectivity index (χ4n) is 2.15. The second kappa shape index (κ2) is 6.26. The Morgan fingerprint density at radius 3 is 2.16 bits per heavy atom. The predicted octanol–water partition coefficient (Wildman–Crippen LogP) is 4.44. The van der Waals surface area contributed by atoms with Gasteiger partial charge in [-0.3, -0.25) is 0 Å². The molecule has 2 nitrogen and oxygen atoms in total. The van der Waals surface area contributed by atoms with Crippen LogP contribution in [0.4, 0.5) is 19.0 Å². The molecule has 0 aromatic carbocycles. The summed E-state index contributed by atoms with van der Waals surface area (Å²) in [5, 5.41) is 3.01. The van der Waals surface area contributed by atoms with E-state index < -0.39 is 11.9 Å². The first-order valence-electron chi connectivity index (χ1n) is 6.50. The Morgan fingerprint density at radius 1 is 1.11 bits per heavy atom. The Balaban J connectivity index is 2.73. The van der Waals surface area contributed by atoms with E-state index in [-0.39, 0.29) is 5.82 Å². The molecule has 1 heterocycles. The van der Waals surface area contributed by atoms with Crippen LogP contribution in [0.3, 0.4) is 0 Å². The number of alkyl halides is 3. The third-order valence-electron chi connectivity index (χ3n) is 3.27. The van der Waals surface area contributed by atoms with Crippen LogP contribution >= 0.6 is 0 Å². The average Bonchev–Trinajstić information content (AvgIpc) is 2.27. The van der Waals surface area contributed by atoms with Crippen molar-refractivity contribution in [3.63, 3.8) is 0 Å². The lowest BCUT2D eigenvalue weighted by atomic mass is 9.85. The van der Waals surface area contributed by atoms with E-state index in [1.54, 1.807) is 6.07 Å². The van der Waals surface area contributed by atoms with Crippen LogP contribution in [0.15, 0.2) is 18.2 Å². The molecule has 19 heavy (non-hydrogen) atoms. The largest absolute Gasteiger partial charge is 0.433 e. The number of halogens is 3. The summed E-state index contributed by atoms with van der Waals surface area (Å²) in [6.45, 7) is 9.10. The van der Waals surface area contributed by atoms with Gasteiger partial charge in [0, 0.05) is 6.54 Å². The smallest absolute Gasteiger partial charge is 0.370 e. The molecule has 5 heteroatoms. The number of hydrogen-bond acceptors (Lipinski definition) is 2. The van der Waals surface area contributed by atoms with Crippen LogP contribution in [-0.2, 0) is 6.18 Å². The molecule has 0 aliphatic carbocycles. The SMILES string of the molecule is CC(C)C(CNc1cccc(C(F)(F)F)n1)C(C)C. The molecule has 0 fully saturated rings. The average molecular weight is 274 g/mol. The van der Waals surface area contributed by atoms with Gasteiger partial charge in [0.05, 0.1) is 0 Å². The molecule has 0 aliphatic heterocycles. The van der Waals surface area contributed by atoms with Crippen molar-refractivity contribution >= 4 is 5.82 Å². The zero-order chi connectivity index (χ0) is 14.6. The van der Waals surface area contributed by atoms with Crippen LogP contribution in [0.1, 0.15) is 33.4 Å². The van der Waals surface area contributed by atoms with Gasteiger partial charge in [-0.05, 0) is 29.9 Å². The van der Waals surface area contributed by atoms with Crippen LogP contribution in [0.5, 0.6) is 0 Å². The molecule has 1 N–H and O–H groups in total. The lowest BCUT2D eigenvalue weighted by Crippen LogP contribution is -2.25. The van der Waals surface area contributed by atoms with Gasteiger partial charge in [0.15, 0.2) is 0 Å². The van der Waals surface area contributed by atoms with Gasteiger partial charge in [-0.25, -0.2) is 4.98 Å². The van der Waals surface area contributed by atoms with Crippen LogP contribution in [0, 0.1) is 17.8 Å². The summed E-state index contributed by atoms with van der Waals surface area (Å²) in [4.78, 5) is 3.60. The highest BCUT2D eigenvalue weighted by Crippen LogP contribution is 2.28. The zero-order valence-corrected chi connectivity index (χ0v) is 11.8.